The van der Waals surface area contributed by atoms with Gasteiger partial charge in [0, 0.05) is 5.54 Å². The summed E-state index contributed by atoms with van der Waals surface area (Å²) in [5, 5.41) is 4.01. The van der Waals surface area contributed by atoms with Crippen LogP contribution in [0, 0.1) is 5.82 Å². The van der Waals surface area contributed by atoms with Gasteiger partial charge < -0.3 is 5.32 Å². The van der Waals surface area contributed by atoms with Crippen LogP contribution in [-0.2, 0) is 9.59 Å². The third kappa shape index (κ3) is 4.31. The lowest BCUT2D eigenvalue weighted by atomic mass is 10.1. The summed E-state index contributed by atoms with van der Waals surface area (Å²) in [5.74, 6) is -4.11. The Labute approximate surface area is 120 Å². The summed E-state index contributed by atoms with van der Waals surface area (Å²) in [6.07, 6.45) is 0. The Morgan fingerprint density at radius 3 is 2.25 bits per heavy atom. The van der Waals surface area contributed by atoms with Crippen molar-refractivity contribution in [1.29, 1.82) is 0 Å². The smallest absolute Gasteiger partial charge is 0.316 e. The molecule has 0 saturated heterocycles. The minimum atomic E-state index is -1.18. The summed E-state index contributed by atoms with van der Waals surface area (Å²) in [6.45, 7) is 5.02. The van der Waals surface area contributed by atoms with E-state index in [0.29, 0.717) is 0 Å². The number of carbonyl (C=O) groups excluding carboxylic acids is 3. The molecule has 20 heavy (non-hydrogen) atoms. The van der Waals surface area contributed by atoms with Crippen LogP contribution in [0.4, 0.5) is 4.39 Å². The summed E-state index contributed by atoms with van der Waals surface area (Å²) < 4.78 is 13.5. The topological polar surface area (TPSA) is 75.3 Å². The van der Waals surface area contributed by atoms with E-state index in [9.17, 15) is 18.8 Å². The molecule has 0 fully saturated rings. The molecule has 108 valence electrons. The summed E-state index contributed by atoms with van der Waals surface area (Å²) in [5.41, 5.74) is -1.11. The molecule has 3 amide bonds. The molecular formula is C13H14ClFN2O3. The van der Waals surface area contributed by atoms with Crippen LogP contribution in [-0.4, -0.2) is 23.3 Å². The molecule has 1 rings (SSSR count). The van der Waals surface area contributed by atoms with E-state index in [2.05, 4.69) is 5.32 Å². The van der Waals surface area contributed by atoms with Gasteiger partial charge in [-0.05, 0) is 32.9 Å². The molecule has 7 heteroatoms. The average Bonchev–Trinajstić information content (AvgIpc) is 2.26. The highest BCUT2D eigenvalue weighted by molar-refractivity contribution is 6.40. The van der Waals surface area contributed by atoms with Crippen LogP contribution in [0.1, 0.15) is 31.1 Å². The molecule has 0 heterocycles. The fourth-order valence-corrected chi connectivity index (χ4v) is 1.58. The maximum atomic E-state index is 13.5. The van der Waals surface area contributed by atoms with Gasteiger partial charge >= 0.3 is 11.8 Å². The lowest BCUT2D eigenvalue weighted by Crippen LogP contribution is -2.49. The molecule has 0 radical (unpaired) electrons. The van der Waals surface area contributed by atoms with Crippen molar-refractivity contribution in [1.82, 2.24) is 10.6 Å². The first-order valence-corrected chi connectivity index (χ1v) is 6.11. The maximum absolute atomic E-state index is 13.5. The van der Waals surface area contributed by atoms with E-state index in [-0.39, 0.29) is 5.02 Å². The highest BCUT2D eigenvalue weighted by Gasteiger charge is 2.24. The van der Waals surface area contributed by atoms with Crippen LogP contribution in [0.3, 0.4) is 0 Å². The number of carbonyl (C=O) groups is 3. The quantitative estimate of drug-likeness (QED) is 0.774. The monoisotopic (exact) mass is 300 g/mol. The van der Waals surface area contributed by atoms with E-state index in [0.717, 1.165) is 6.07 Å². The van der Waals surface area contributed by atoms with Gasteiger partial charge in [0.1, 0.15) is 5.82 Å². The van der Waals surface area contributed by atoms with E-state index in [4.69, 9.17) is 11.6 Å². The molecule has 0 atom stereocenters. The molecular weight excluding hydrogens is 287 g/mol. The van der Waals surface area contributed by atoms with E-state index >= 15 is 0 Å². The SMILES string of the molecule is CC(C)(C)NC(=O)C(=O)NC(=O)c1c(F)cccc1Cl. The molecule has 2 N–H and O–H groups in total. The molecule has 0 bridgehead atoms. The Kier molecular flexibility index (Phi) is 4.83. The lowest BCUT2D eigenvalue weighted by Gasteiger charge is -2.19. The van der Waals surface area contributed by atoms with Crippen molar-refractivity contribution in [2.24, 2.45) is 0 Å². The average molecular weight is 301 g/mol. The van der Waals surface area contributed by atoms with Crippen LogP contribution >= 0.6 is 11.6 Å². The second-order valence-electron chi connectivity index (χ2n) is 5.08. The Morgan fingerprint density at radius 1 is 1.15 bits per heavy atom. The fraction of sp³-hybridized carbons (Fsp3) is 0.308. The van der Waals surface area contributed by atoms with Gasteiger partial charge in [-0.15, -0.1) is 0 Å². The van der Waals surface area contributed by atoms with Crippen LogP contribution in [0.25, 0.3) is 0 Å². The number of imide groups is 1. The Bertz CT molecular complexity index is 547. The normalized spacial score (nSPS) is 10.8. The number of hydrogen-bond acceptors (Lipinski definition) is 3. The first-order chi connectivity index (χ1) is 9.11. The van der Waals surface area contributed by atoms with Crippen molar-refractivity contribution in [2.75, 3.05) is 0 Å². The summed E-state index contributed by atoms with van der Waals surface area (Å²) in [6, 6.07) is 3.66. The van der Waals surface area contributed by atoms with Gasteiger partial charge in [-0.25, -0.2) is 4.39 Å². The number of benzene rings is 1. The Morgan fingerprint density at radius 2 is 1.75 bits per heavy atom. The van der Waals surface area contributed by atoms with Gasteiger partial charge in [-0.3, -0.25) is 19.7 Å². The molecule has 1 aromatic rings. The van der Waals surface area contributed by atoms with Gasteiger partial charge in [0.2, 0.25) is 0 Å². The number of rotatable bonds is 1. The summed E-state index contributed by atoms with van der Waals surface area (Å²) >= 11 is 5.68. The van der Waals surface area contributed by atoms with E-state index in [1.807, 2.05) is 0 Å². The predicted octanol–water partition coefficient (Wildman–Crippen LogP) is 1.65. The van der Waals surface area contributed by atoms with E-state index < -0.39 is 34.6 Å². The molecule has 5 nitrogen and oxygen atoms in total. The van der Waals surface area contributed by atoms with Crippen LogP contribution < -0.4 is 10.6 Å². The van der Waals surface area contributed by atoms with Gasteiger partial charge in [0.05, 0.1) is 10.6 Å². The second kappa shape index (κ2) is 6.00. The zero-order valence-corrected chi connectivity index (χ0v) is 12.0. The van der Waals surface area contributed by atoms with Crippen molar-refractivity contribution >= 4 is 29.3 Å². The van der Waals surface area contributed by atoms with Crippen LogP contribution in [0.2, 0.25) is 5.02 Å². The largest absolute Gasteiger partial charge is 0.343 e. The minimum absolute atomic E-state index is 0.147. The lowest BCUT2D eigenvalue weighted by molar-refractivity contribution is -0.139. The van der Waals surface area contributed by atoms with Gasteiger partial charge in [0.15, 0.2) is 0 Å². The number of hydrogen-bond donors (Lipinski definition) is 2. The molecule has 0 spiro atoms. The summed E-state index contributed by atoms with van der Waals surface area (Å²) in [7, 11) is 0. The highest BCUT2D eigenvalue weighted by atomic mass is 35.5. The van der Waals surface area contributed by atoms with Crippen LogP contribution in [0.15, 0.2) is 18.2 Å². The van der Waals surface area contributed by atoms with Gasteiger partial charge in [0.25, 0.3) is 5.91 Å². The third-order valence-corrected chi connectivity index (χ3v) is 2.43. The molecule has 0 aliphatic carbocycles. The predicted molar refractivity (Wildman–Crippen MR) is 71.8 cm³/mol. The van der Waals surface area contributed by atoms with Crippen molar-refractivity contribution in [2.45, 2.75) is 26.3 Å². The number of amides is 3. The van der Waals surface area contributed by atoms with Crippen molar-refractivity contribution in [3.63, 3.8) is 0 Å². The van der Waals surface area contributed by atoms with Crippen molar-refractivity contribution in [3.8, 4) is 0 Å². The summed E-state index contributed by atoms with van der Waals surface area (Å²) in [4.78, 5) is 34.7. The zero-order valence-electron chi connectivity index (χ0n) is 11.2. The first-order valence-electron chi connectivity index (χ1n) is 5.73. The second-order valence-corrected chi connectivity index (χ2v) is 5.49. The maximum Gasteiger partial charge on any atom is 0.316 e. The number of halogens is 2. The third-order valence-electron chi connectivity index (χ3n) is 2.11. The number of nitrogens with one attached hydrogen (secondary N) is 2. The minimum Gasteiger partial charge on any atom is -0.343 e. The van der Waals surface area contributed by atoms with E-state index in [1.54, 1.807) is 26.1 Å². The van der Waals surface area contributed by atoms with Crippen molar-refractivity contribution < 1.29 is 18.8 Å². The standard InChI is InChI=1S/C13H14ClFN2O3/c1-13(2,3)17-12(20)11(19)16-10(18)9-7(14)5-4-6-8(9)15/h4-6H,1-3H3,(H,17,20)(H,16,18,19). The van der Waals surface area contributed by atoms with E-state index in [1.165, 1.54) is 12.1 Å². The molecule has 0 aromatic heterocycles. The van der Waals surface area contributed by atoms with Gasteiger partial charge in [-0.1, -0.05) is 17.7 Å². The first kappa shape index (κ1) is 16.1. The highest BCUT2D eigenvalue weighted by Crippen LogP contribution is 2.18. The fourth-order valence-electron chi connectivity index (χ4n) is 1.33. The molecule has 1 aromatic carbocycles. The Hall–Kier alpha value is -1.95. The molecule has 0 saturated carbocycles. The Balaban J connectivity index is 2.81. The molecule has 0 aliphatic rings. The van der Waals surface area contributed by atoms with Gasteiger partial charge in [-0.2, -0.15) is 0 Å². The molecule has 0 unspecified atom stereocenters. The molecule has 0 aliphatic heterocycles. The van der Waals surface area contributed by atoms with Crippen LogP contribution in [0.5, 0.6) is 0 Å². The zero-order chi connectivity index (χ0) is 15.5. The van der Waals surface area contributed by atoms with Crippen molar-refractivity contribution in [3.05, 3.63) is 34.6 Å².